The van der Waals surface area contributed by atoms with Crippen LogP contribution < -0.4 is 5.32 Å². The molecule has 1 aliphatic rings. The molecule has 2 rings (SSSR count). The molecule has 0 spiro atoms. The van der Waals surface area contributed by atoms with Gasteiger partial charge < -0.3 is 10.2 Å². The highest BCUT2D eigenvalue weighted by Crippen LogP contribution is 2.26. The lowest BCUT2D eigenvalue weighted by molar-refractivity contribution is -0.141. The first kappa shape index (κ1) is 15.0. The van der Waals surface area contributed by atoms with E-state index in [1.165, 1.54) is 0 Å². The second-order valence-corrected chi connectivity index (χ2v) is 6.24. The van der Waals surface area contributed by atoms with Gasteiger partial charge in [0.15, 0.2) is 0 Å². The van der Waals surface area contributed by atoms with Crippen LogP contribution in [0.2, 0.25) is 0 Å². The van der Waals surface area contributed by atoms with Crippen molar-refractivity contribution in [2.45, 2.75) is 58.2 Å². The zero-order valence-electron chi connectivity index (χ0n) is 12.3. The lowest BCUT2D eigenvalue weighted by Crippen LogP contribution is -2.56. The van der Waals surface area contributed by atoms with Crippen LogP contribution in [0.1, 0.15) is 45.6 Å². The molecule has 1 N–H and O–H groups in total. The van der Waals surface area contributed by atoms with E-state index in [1.54, 1.807) is 11.3 Å². The number of thiophene rings is 1. The molecule has 20 heavy (non-hydrogen) atoms. The van der Waals surface area contributed by atoms with Crippen molar-refractivity contribution in [1.82, 2.24) is 10.2 Å². The summed E-state index contributed by atoms with van der Waals surface area (Å²) in [5.41, 5.74) is 0.392. The van der Waals surface area contributed by atoms with Crippen molar-refractivity contribution in [3.05, 3.63) is 22.4 Å². The van der Waals surface area contributed by atoms with Crippen molar-refractivity contribution in [3.63, 3.8) is 0 Å². The molecule has 1 fully saturated rings. The van der Waals surface area contributed by atoms with Gasteiger partial charge in [0.25, 0.3) is 0 Å². The second-order valence-electron chi connectivity index (χ2n) is 5.46. The second kappa shape index (κ2) is 5.95. The lowest BCUT2D eigenvalue weighted by Gasteiger charge is -2.35. The predicted molar refractivity (Wildman–Crippen MR) is 80.4 cm³/mol. The highest BCUT2D eigenvalue weighted by molar-refractivity contribution is 7.07. The SMILES string of the molecule is CCC1(CC)NC(=O)CC(C)N(Cc2ccsc2)C1=O. The molecule has 110 valence electrons. The number of nitrogens with one attached hydrogen (secondary N) is 1. The van der Waals surface area contributed by atoms with E-state index in [-0.39, 0.29) is 17.9 Å². The summed E-state index contributed by atoms with van der Waals surface area (Å²) < 4.78 is 0. The maximum absolute atomic E-state index is 12.9. The normalized spacial score (nSPS) is 22.6. The van der Waals surface area contributed by atoms with E-state index in [0.29, 0.717) is 25.8 Å². The standard InChI is InChI=1S/C15H22N2O2S/c1-4-15(5-2)14(19)17(9-12-6-7-20-10-12)11(3)8-13(18)16-15/h6-7,10-11H,4-5,8-9H2,1-3H3,(H,16,18). The third kappa shape index (κ3) is 2.73. The minimum atomic E-state index is -0.738. The Bertz CT molecular complexity index is 480. The summed E-state index contributed by atoms with van der Waals surface area (Å²) in [7, 11) is 0. The fourth-order valence-electron chi connectivity index (χ4n) is 2.76. The van der Waals surface area contributed by atoms with E-state index < -0.39 is 5.54 Å². The summed E-state index contributed by atoms with van der Waals surface area (Å²) in [5, 5.41) is 7.02. The molecule has 1 atom stereocenters. The minimum absolute atomic E-state index is 0.0256. The van der Waals surface area contributed by atoms with Gasteiger partial charge in [0.05, 0.1) is 0 Å². The topological polar surface area (TPSA) is 49.4 Å². The van der Waals surface area contributed by atoms with Crippen LogP contribution in [0.5, 0.6) is 0 Å². The van der Waals surface area contributed by atoms with Crippen molar-refractivity contribution in [3.8, 4) is 0 Å². The van der Waals surface area contributed by atoms with Gasteiger partial charge in [0, 0.05) is 19.0 Å². The van der Waals surface area contributed by atoms with Gasteiger partial charge in [-0.05, 0) is 42.2 Å². The summed E-state index contributed by atoms with van der Waals surface area (Å²) in [6, 6.07) is 1.96. The number of hydrogen-bond donors (Lipinski definition) is 1. The van der Waals surface area contributed by atoms with Crippen molar-refractivity contribution in [1.29, 1.82) is 0 Å². The first-order valence-electron chi connectivity index (χ1n) is 7.15. The monoisotopic (exact) mass is 294 g/mol. The van der Waals surface area contributed by atoms with Gasteiger partial charge in [-0.1, -0.05) is 13.8 Å². The van der Waals surface area contributed by atoms with Gasteiger partial charge in [-0.25, -0.2) is 0 Å². The number of nitrogens with zero attached hydrogens (tertiary/aromatic N) is 1. The zero-order valence-corrected chi connectivity index (χ0v) is 13.1. The van der Waals surface area contributed by atoms with Crippen molar-refractivity contribution >= 4 is 23.2 Å². The van der Waals surface area contributed by atoms with Gasteiger partial charge in [0.2, 0.25) is 11.8 Å². The maximum atomic E-state index is 12.9. The molecule has 0 aromatic carbocycles. The smallest absolute Gasteiger partial charge is 0.248 e. The Morgan fingerprint density at radius 2 is 2.10 bits per heavy atom. The molecule has 1 unspecified atom stereocenters. The number of carbonyl (C=O) groups is 2. The molecule has 5 heteroatoms. The third-order valence-electron chi connectivity index (χ3n) is 4.20. The predicted octanol–water partition coefficient (Wildman–Crippen LogP) is 2.54. The number of hydrogen-bond acceptors (Lipinski definition) is 3. The molecular formula is C15H22N2O2S. The van der Waals surface area contributed by atoms with Crippen LogP contribution in [-0.4, -0.2) is 28.3 Å². The van der Waals surface area contributed by atoms with Gasteiger partial charge >= 0.3 is 0 Å². The van der Waals surface area contributed by atoms with E-state index in [4.69, 9.17) is 0 Å². The Morgan fingerprint density at radius 1 is 1.40 bits per heavy atom. The van der Waals surface area contributed by atoms with Crippen LogP contribution in [0, 0.1) is 0 Å². The molecular weight excluding hydrogens is 272 g/mol. The molecule has 1 aromatic heterocycles. The Labute approximate surface area is 124 Å². The van der Waals surface area contributed by atoms with E-state index in [1.807, 2.05) is 37.1 Å². The van der Waals surface area contributed by atoms with Crippen LogP contribution in [-0.2, 0) is 16.1 Å². The molecule has 0 radical (unpaired) electrons. The van der Waals surface area contributed by atoms with Gasteiger partial charge in [-0.15, -0.1) is 0 Å². The number of rotatable bonds is 4. The quantitative estimate of drug-likeness (QED) is 0.927. The molecule has 1 saturated heterocycles. The molecule has 1 aliphatic heterocycles. The Balaban J connectivity index is 2.32. The number of carbonyl (C=O) groups excluding carboxylic acids is 2. The van der Waals surface area contributed by atoms with Crippen LogP contribution in [0.3, 0.4) is 0 Å². The summed E-state index contributed by atoms with van der Waals surface area (Å²) >= 11 is 1.63. The van der Waals surface area contributed by atoms with Crippen molar-refractivity contribution in [2.24, 2.45) is 0 Å². The fourth-order valence-corrected chi connectivity index (χ4v) is 3.42. The third-order valence-corrected chi connectivity index (χ3v) is 4.93. The lowest BCUT2D eigenvalue weighted by atomic mass is 9.91. The van der Waals surface area contributed by atoms with E-state index in [0.717, 1.165) is 5.56 Å². The first-order valence-corrected chi connectivity index (χ1v) is 8.10. The van der Waals surface area contributed by atoms with Crippen LogP contribution in [0.25, 0.3) is 0 Å². The number of amides is 2. The van der Waals surface area contributed by atoms with Gasteiger partial charge in [-0.3, -0.25) is 9.59 Å². The van der Waals surface area contributed by atoms with Gasteiger partial charge in [0.1, 0.15) is 5.54 Å². The average molecular weight is 294 g/mol. The summed E-state index contributed by atoms with van der Waals surface area (Å²) in [6.07, 6.45) is 1.62. The molecule has 2 heterocycles. The Kier molecular flexibility index (Phi) is 4.48. The van der Waals surface area contributed by atoms with E-state index >= 15 is 0 Å². The summed E-state index contributed by atoms with van der Waals surface area (Å²) in [6.45, 7) is 6.45. The molecule has 0 aliphatic carbocycles. The largest absolute Gasteiger partial charge is 0.342 e. The summed E-state index contributed by atoms with van der Waals surface area (Å²) in [4.78, 5) is 26.8. The fraction of sp³-hybridized carbons (Fsp3) is 0.600. The van der Waals surface area contributed by atoms with Gasteiger partial charge in [-0.2, -0.15) is 11.3 Å². The van der Waals surface area contributed by atoms with Crippen LogP contribution in [0.15, 0.2) is 16.8 Å². The molecule has 0 saturated carbocycles. The summed E-state index contributed by atoms with van der Waals surface area (Å²) in [5.74, 6) is 0.0226. The zero-order chi connectivity index (χ0) is 14.8. The highest BCUT2D eigenvalue weighted by atomic mass is 32.1. The average Bonchev–Trinajstić information content (AvgIpc) is 2.91. The van der Waals surface area contributed by atoms with Crippen LogP contribution in [0.4, 0.5) is 0 Å². The minimum Gasteiger partial charge on any atom is -0.342 e. The molecule has 1 aromatic rings. The van der Waals surface area contributed by atoms with Crippen LogP contribution >= 0.6 is 11.3 Å². The van der Waals surface area contributed by atoms with E-state index in [2.05, 4.69) is 10.7 Å². The Hall–Kier alpha value is -1.36. The maximum Gasteiger partial charge on any atom is 0.248 e. The van der Waals surface area contributed by atoms with E-state index in [9.17, 15) is 9.59 Å². The molecule has 2 amide bonds. The van der Waals surface area contributed by atoms with Crippen molar-refractivity contribution < 1.29 is 9.59 Å². The molecule has 4 nitrogen and oxygen atoms in total. The molecule has 0 bridgehead atoms. The first-order chi connectivity index (χ1) is 9.52. The Morgan fingerprint density at radius 3 is 2.65 bits per heavy atom. The van der Waals surface area contributed by atoms with Crippen molar-refractivity contribution in [2.75, 3.05) is 0 Å². The highest BCUT2D eigenvalue weighted by Gasteiger charge is 2.43.